The van der Waals surface area contributed by atoms with Crippen molar-refractivity contribution in [1.82, 2.24) is 9.29 Å². The number of aromatic nitrogens is 1. The summed E-state index contributed by atoms with van der Waals surface area (Å²) in [5.74, 6) is 0.568. The summed E-state index contributed by atoms with van der Waals surface area (Å²) in [6, 6.07) is 4.58. The van der Waals surface area contributed by atoms with Crippen LogP contribution < -0.4 is 10.5 Å². The lowest BCUT2D eigenvalue weighted by molar-refractivity contribution is 0.459. The van der Waals surface area contributed by atoms with Crippen LogP contribution in [0.4, 0.5) is 0 Å². The van der Waals surface area contributed by atoms with E-state index in [9.17, 15) is 8.42 Å². The fourth-order valence-electron chi connectivity index (χ4n) is 1.82. The molecule has 0 bridgehead atoms. The largest absolute Gasteiger partial charge is 0.468 e. The van der Waals surface area contributed by atoms with Crippen LogP contribution in [0.1, 0.15) is 24.4 Å². The highest BCUT2D eigenvalue weighted by atomic mass is 32.2. The normalized spacial score (nSPS) is 13.6. The van der Waals surface area contributed by atoms with E-state index in [4.69, 9.17) is 10.2 Å². The van der Waals surface area contributed by atoms with Crippen LogP contribution in [-0.4, -0.2) is 13.0 Å². The number of hydrogen-bond donors (Lipinski definition) is 2. The van der Waals surface area contributed by atoms with Crippen LogP contribution in [0.3, 0.4) is 0 Å². The first-order valence-corrected chi connectivity index (χ1v) is 7.33. The second-order valence-electron chi connectivity index (χ2n) is 4.34. The molecule has 0 saturated heterocycles. The quantitative estimate of drug-likeness (QED) is 0.860. The molecule has 0 aromatic carbocycles. The molecule has 2 heterocycles. The fraction of sp³-hybridized carbons (Fsp3) is 0.333. The van der Waals surface area contributed by atoms with Gasteiger partial charge in [0.05, 0.1) is 17.2 Å². The maximum absolute atomic E-state index is 12.2. The Kier molecular flexibility index (Phi) is 3.79. The Balaban J connectivity index is 2.22. The maximum atomic E-state index is 12.2. The molecule has 2 rings (SSSR count). The molecule has 19 heavy (non-hydrogen) atoms. The van der Waals surface area contributed by atoms with Gasteiger partial charge in [0.25, 0.3) is 0 Å². The molecule has 0 amide bonds. The van der Waals surface area contributed by atoms with E-state index in [-0.39, 0.29) is 4.90 Å². The predicted molar refractivity (Wildman–Crippen MR) is 70.7 cm³/mol. The molecule has 1 unspecified atom stereocenters. The summed E-state index contributed by atoms with van der Waals surface area (Å²) in [5.41, 5.74) is 6.29. The topological polar surface area (TPSA) is 90.3 Å². The molecule has 0 spiro atoms. The Bertz CT molecular complexity index is 644. The minimum absolute atomic E-state index is 0.203. The summed E-state index contributed by atoms with van der Waals surface area (Å²) in [4.78, 5) is 0.203. The molecule has 3 N–H and O–H groups in total. The van der Waals surface area contributed by atoms with Crippen LogP contribution >= 0.6 is 0 Å². The Morgan fingerprint density at radius 2 is 2.26 bits per heavy atom. The summed E-state index contributed by atoms with van der Waals surface area (Å²) < 4.78 is 33.9. The Hall–Kier alpha value is -1.57. The highest BCUT2D eigenvalue weighted by molar-refractivity contribution is 7.89. The van der Waals surface area contributed by atoms with Crippen molar-refractivity contribution in [2.75, 3.05) is 0 Å². The Labute approximate surface area is 112 Å². The summed E-state index contributed by atoms with van der Waals surface area (Å²) in [5, 5.41) is 0. The van der Waals surface area contributed by atoms with Crippen molar-refractivity contribution in [3.8, 4) is 0 Å². The van der Waals surface area contributed by atoms with Gasteiger partial charge in [-0.25, -0.2) is 13.1 Å². The van der Waals surface area contributed by atoms with Crippen LogP contribution in [0.25, 0.3) is 0 Å². The van der Waals surface area contributed by atoms with Gasteiger partial charge in [0, 0.05) is 25.5 Å². The molecule has 0 radical (unpaired) electrons. The summed E-state index contributed by atoms with van der Waals surface area (Å²) in [6.45, 7) is 2.02. The number of hydrogen-bond acceptors (Lipinski definition) is 4. The van der Waals surface area contributed by atoms with Crippen molar-refractivity contribution in [2.45, 2.75) is 24.4 Å². The first-order chi connectivity index (χ1) is 8.94. The van der Waals surface area contributed by atoms with Crippen LogP contribution in [0, 0.1) is 0 Å². The minimum Gasteiger partial charge on any atom is -0.468 e. The molecule has 0 aliphatic heterocycles. The molecule has 2 aromatic heterocycles. The summed E-state index contributed by atoms with van der Waals surface area (Å²) >= 11 is 0. The molecule has 0 fully saturated rings. The number of nitrogens with two attached hydrogens (primary N) is 1. The highest BCUT2D eigenvalue weighted by Crippen LogP contribution is 2.18. The van der Waals surface area contributed by atoms with E-state index in [0.717, 1.165) is 5.69 Å². The standard InChI is InChI=1S/C12H17N3O3S/c1-9(12-4-3-5-18-12)14-19(16,17)11-6-10(7-13)15(2)8-11/h3-6,8-9,14H,7,13H2,1-2H3. The van der Waals surface area contributed by atoms with Crippen LogP contribution in [0.2, 0.25) is 0 Å². The van der Waals surface area contributed by atoms with Gasteiger partial charge in [0.1, 0.15) is 5.76 Å². The zero-order chi connectivity index (χ0) is 14.0. The predicted octanol–water partition coefficient (Wildman–Crippen LogP) is 1.12. The second kappa shape index (κ2) is 5.20. The molecule has 1 atom stereocenters. The first-order valence-electron chi connectivity index (χ1n) is 5.85. The molecule has 0 aliphatic carbocycles. The zero-order valence-corrected chi connectivity index (χ0v) is 11.6. The molecule has 0 aliphatic rings. The van der Waals surface area contributed by atoms with Crippen LogP contribution in [-0.2, 0) is 23.6 Å². The smallest absolute Gasteiger partial charge is 0.242 e. The van der Waals surface area contributed by atoms with E-state index in [1.54, 1.807) is 42.9 Å². The van der Waals surface area contributed by atoms with Crippen molar-refractivity contribution in [3.63, 3.8) is 0 Å². The monoisotopic (exact) mass is 283 g/mol. The van der Waals surface area contributed by atoms with Gasteiger partial charge in [-0.05, 0) is 25.1 Å². The Morgan fingerprint density at radius 3 is 2.79 bits per heavy atom. The van der Waals surface area contributed by atoms with E-state index in [0.29, 0.717) is 12.3 Å². The van der Waals surface area contributed by atoms with Gasteiger partial charge < -0.3 is 14.7 Å². The van der Waals surface area contributed by atoms with Crippen LogP contribution in [0.5, 0.6) is 0 Å². The molecule has 0 saturated carbocycles. The van der Waals surface area contributed by atoms with Gasteiger partial charge >= 0.3 is 0 Å². The minimum atomic E-state index is -3.58. The third-order valence-corrected chi connectivity index (χ3v) is 4.41. The number of aryl methyl sites for hydroxylation is 1. The van der Waals surface area contributed by atoms with E-state index in [2.05, 4.69) is 4.72 Å². The molecule has 2 aromatic rings. The third kappa shape index (κ3) is 2.89. The third-order valence-electron chi connectivity index (χ3n) is 2.90. The van der Waals surface area contributed by atoms with Crippen molar-refractivity contribution < 1.29 is 12.8 Å². The summed E-state index contributed by atoms with van der Waals surface area (Å²) in [6.07, 6.45) is 3.05. The number of sulfonamides is 1. The lowest BCUT2D eigenvalue weighted by Gasteiger charge is -2.10. The van der Waals surface area contributed by atoms with Gasteiger partial charge in [-0.2, -0.15) is 0 Å². The van der Waals surface area contributed by atoms with Crippen molar-refractivity contribution in [2.24, 2.45) is 12.8 Å². The average Bonchev–Trinajstić information content (AvgIpc) is 2.96. The molecular weight excluding hydrogens is 266 g/mol. The average molecular weight is 283 g/mol. The number of rotatable bonds is 5. The van der Waals surface area contributed by atoms with Crippen molar-refractivity contribution in [1.29, 1.82) is 0 Å². The second-order valence-corrected chi connectivity index (χ2v) is 6.05. The van der Waals surface area contributed by atoms with Crippen LogP contribution in [0.15, 0.2) is 40.0 Å². The van der Waals surface area contributed by atoms with Gasteiger partial charge in [0.15, 0.2) is 0 Å². The van der Waals surface area contributed by atoms with E-state index >= 15 is 0 Å². The SMILES string of the molecule is CC(NS(=O)(=O)c1cc(CN)n(C)c1)c1ccco1. The van der Waals surface area contributed by atoms with Gasteiger partial charge in [-0.3, -0.25) is 0 Å². The molecule has 104 valence electrons. The summed E-state index contributed by atoms with van der Waals surface area (Å²) in [7, 11) is -1.82. The van der Waals surface area contributed by atoms with Gasteiger partial charge in [-0.15, -0.1) is 0 Å². The van der Waals surface area contributed by atoms with Crippen molar-refractivity contribution >= 4 is 10.0 Å². The zero-order valence-electron chi connectivity index (χ0n) is 10.8. The lowest BCUT2D eigenvalue weighted by Crippen LogP contribution is -2.26. The first kappa shape index (κ1) is 13.9. The number of nitrogens with zero attached hydrogens (tertiary/aromatic N) is 1. The van der Waals surface area contributed by atoms with Gasteiger partial charge in [0.2, 0.25) is 10.0 Å². The van der Waals surface area contributed by atoms with E-state index in [1.165, 1.54) is 6.26 Å². The highest BCUT2D eigenvalue weighted by Gasteiger charge is 2.21. The van der Waals surface area contributed by atoms with E-state index < -0.39 is 16.1 Å². The van der Waals surface area contributed by atoms with Gasteiger partial charge in [-0.1, -0.05) is 0 Å². The number of nitrogens with one attached hydrogen (secondary N) is 1. The maximum Gasteiger partial charge on any atom is 0.242 e. The fourth-order valence-corrected chi connectivity index (χ4v) is 3.13. The van der Waals surface area contributed by atoms with Crippen molar-refractivity contribution in [3.05, 3.63) is 42.1 Å². The molecule has 7 heteroatoms. The molecule has 6 nitrogen and oxygen atoms in total. The molecular formula is C12H17N3O3S. The number of furan rings is 1. The van der Waals surface area contributed by atoms with E-state index in [1.807, 2.05) is 0 Å². The lowest BCUT2D eigenvalue weighted by atomic mass is 10.3. The Morgan fingerprint density at radius 1 is 1.53 bits per heavy atom.